The zero-order chi connectivity index (χ0) is 30.5. The van der Waals surface area contributed by atoms with E-state index in [9.17, 15) is 13.5 Å². The Morgan fingerprint density at radius 2 is 1.52 bits per heavy atom. The molecule has 1 aliphatic rings. The van der Waals surface area contributed by atoms with Crippen molar-refractivity contribution in [1.29, 1.82) is 0 Å². The second-order valence-electron chi connectivity index (χ2n) is 10.4. The maximum atomic E-state index is 12.8. The lowest BCUT2D eigenvalue weighted by Crippen LogP contribution is -2.38. The Balaban J connectivity index is 1.23. The number of benzene rings is 4. The van der Waals surface area contributed by atoms with E-state index in [-0.39, 0.29) is 29.6 Å². The third kappa shape index (κ3) is 6.69. The van der Waals surface area contributed by atoms with Gasteiger partial charge in [0, 0.05) is 22.9 Å². The van der Waals surface area contributed by atoms with E-state index < -0.39 is 16.3 Å². The fourth-order valence-electron chi connectivity index (χ4n) is 4.99. The zero-order valence-electron chi connectivity index (χ0n) is 23.8. The Morgan fingerprint density at radius 1 is 0.864 bits per heavy atom. The van der Waals surface area contributed by atoms with Crippen LogP contribution in [0.5, 0.6) is 0 Å². The van der Waals surface area contributed by atoms with Gasteiger partial charge in [-0.25, -0.2) is 8.42 Å². The van der Waals surface area contributed by atoms with Crippen molar-refractivity contribution < 1.29 is 23.0 Å². The molecule has 10 nitrogen and oxygen atoms in total. The van der Waals surface area contributed by atoms with Gasteiger partial charge in [0.05, 0.1) is 29.4 Å². The molecule has 1 fully saturated rings. The van der Waals surface area contributed by atoms with Gasteiger partial charge in [0.1, 0.15) is 0 Å². The molecule has 12 heteroatoms. The number of rotatable bonds is 10. The van der Waals surface area contributed by atoms with Crippen LogP contribution in [0.3, 0.4) is 0 Å². The number of aromatic nitrogens is 4. The minimum atomic E-state index is -3.72. The van der Waals surface area contributed by atoms with Crippen molar-refractivity contribution in [3.63, 3.8) is 0 Å². The number of nitrogens with zero attached hydrogens (tertiary/aromatic N) is 4. The van der Waals surface area contributed by atoms with Gasteiger partial charge in [0.2, 0.25) is 5.16 Å². The highest BCUT2D eigenvalue weighted by molar-refractivity contribution is 7.99. The highest BCUT2D eigenvalue weighted by atomic mass is 32.2. The number of aliphatic hydroxyl groups is 1. The van der Waals surface area contributed by atoms with Crippen molar-refractivity contribution in [2.45, 2.75) is 42.1 Å². The molecule has 0 amide bonds. The number of thioether (sulfide) groups is 1. The highest BCUT2D eigenvalue weighted by Gasteiger charge is 2.38. The molecule has 0 saturated carbocycles. The third-order valence-electron chi connectivity index (χ3n) is 7.43. The zero-order valence-corrected chi connectivity index (χ0v) is 25.4. The number of hydrogen-bond donors (Lipinski definition) is 2. The van der Waals surface area contributed by atoms with Gasteiger partial charge in [-0.1, -0.05) is 91.5 Å². The van der Waals surface area contributed by atoms with E-state index in [2.05, 4.69) is 27.2 Å². The molecular formula is C32H31N5O5S2. The molecule has 6 rings (SSSR count). The summed E-state index contributed by atoms with van der Waals surface area (Å²) in [4.78, 5) is 0.186. The molecule has 44 heavy (non-hydrogen) atoms. The number of aliphatic hydroxyl groups excluding tert-OH is 1. The van der Waals surface area contributed by atoms with E-state index in [0.717, 1.165) is 22.4 Å². The van der Waals surface area contributed by atoms with E-state index in [1.807, 2.05) is 54.6 Å². The number of para-hydroxylation sites is 1. The summed E-state index contributed by atoms with van der Waals surface area (Å²) in [5.74, 6) is 0.533. The van der Waals surface area contributed by atoms with Crippen LogP contribution in [-0.4, -0.2) is 45.6 Å². The molecule has 2 heterocycles. The van der Waals surface area contributed by atoms with Crippen LogP contribution in [-0.2, 0) is 26.1 Å². The minimum absolute atomic E-state index is 0.0308. The molecule has 4 aromatic carbocycles. The van der Waals surface area contributed by atoms with Crippen LogP contribution in [0.4, 0.5) is 5.69 Å². The number of ether oxygens (including phenoxy) is 2. The van der Waals surface area contributed by atoms with Crippen LogP contribution in [0.15, 0.2) is 119 Å². The SMILES string of the molecule is C[C@H]1[C@@H](CSc2nnnn2-c2ccccc2)O[C@@H](c2ccc(NS(=O)(=O)c3ccccc3)cc2)O[C@H]1c1ccc(CO)cc1. The Morgan fingerprint density at radius 3 is 2.20 bits per heavy atom. The first kappa shape index (κ1) is 30.0. The molecule has 1 saturated heterocycles. The number of hydrogen-bond acceptors (Lipinski definition) is 9. The van der Waals surface area contributed by atoms with Crippen LogP contribution < -0.4 is 4.72 Å². The molecule has 226 valence electrons. The second-order valence-corrected chi connectivity index (χ2v) is 13.1. The molecule has 2 N–H and O–H groups in total. The average molecular weight is 630 g/mol. The lowest BCUT2D eigenvalue weighted by atomic mass is 9.91. The van der Waals surface area contributed by atoms with Crippen molar-refractivity contribution in [2.24, 2.45) is 5.92 Å². The maximum absolute atomic E-state index is 12.8. The summed E-state index contributed by atoms with van der Waals surface area (Å²) in [6.07, 6.45) is -1.24. The van der Waals surface area contributed by atoms with E-state index in [4.69, 9.17) is 9.47 Å². The minimum Gasteiger partial charge on any atom is -0.392 e. The van der Waals surface area contributed by atoms with E-state index in [0.29, 0.717) is 16.6 Å². The summed E-state index contributed by atoms with van der Waals surface area (Å²) in [5.41, 5.74) is 3.83. The summed E-state index contributed by atoms with van der Waals surface area (Å²) >= 11 is 1.50. The van der Waals surface area contributed by atoms with Crippen molar-refractivity contribution in [1.82, 2.24) is 20.2 Å². The largest absolute Gasteiger partial charge is 0.392 e. The molecule has 1 aliphatic heterocycles. The maximum Gasteiger partial charge on any atom is 0.261 e. The molecule has 0 aliphatic carbocycles. The Labute approximate surface area is 260 Å². The third-order valence-corrected chi connectivity index (χ3v) is 9.84. The highest BCUT2D eigenvalue weighted by Crippen LogP contribution is 2.43. The second kappa shape index (κ2) is 13.3. The Bertz CT molecular complexity index is 1770. The van der Waals surface area contributed by atoms with Crippen LogP contribution in [0.2, 0.25) is 0 Å². The molecule has 0 bridgehead atoms. The van der Waals surface area contributed by atoms with Gasteiger partial charge in [0.25, 0.3) is 10.0 Å². The fraction of sp³-hybridized carbons (Fsp3) is 0.219. The summed E-state index contributed by atoms with van der Waals surface area (Å²) in [7, 11) is -3.72. The molecule has 5 aromatic rings. The van der Waals surface area contributed by atoms with Gasteiger partial charge in [-0.05, 0) is 58.0 Å². The first-order valence-corrected chi connectivity index (χ1v) is 16.5. The number of sulfonamides is 1. The van der Waals surface area contributed by atoms with Crippen molar-refractivity contribution in [3.05, 3.63) is 126 Å². The van der Waals surface area contributed by atoms with Gasteiger partial charge in [-0.2, -0.15) is 4.68 Å². The standard InChI is InChI=1S/C32H31N5O5S2/c1-22-29(21-43-32-33-35-36-37(32)27-8-4-2-5-9-27)41-31(42-30(22)24-14-12-23(20-38)13-15-24)25-16-18-26(19-17-25)34-44(39,40)28-10-6-3-7-11-28/h2-19,22,29-31,34,38H,20-21H2,1H3/t22-,29+,30+,31+/m0/s1. The molecular weight excluding hydrogens is 599 g/mol. The van der Waals surface area contributed by atoms with Crippen LogP contribution in [0, 0.1) is 5.92 Å². The van der Waals surface area contributed by atoms with Gasteiger partial charge >= 0.3 is 0 Å². The van der Waals surface area contributed by atoms with Gasteiger partial charge in [-0.15, -0.1) is 5.10 Å². The monoisotopic (exact) mass is 629 g/mol. The number of tetrazole rings is 1. The first-order chi connectivity index (χ1) is 21.4. The van der Waals surface area contributed by atoms with Gasteiger partial charge < -0.3 is 14.6 Å². The number of nitrogens with one attached hydrogen (secondary N) is 1. The Hall–Kier alpha value is -4.07. The average Bonchev–Trinajstić information content (AvgIpc) is 3.54. The Kier molecular flexibility index (Phi) is 9.05. The smallest absolute Gasteiger partial charge is 0.261 e. The summed E-state index contributed by atoms with van der Waals surface area (Å²) < 4.78 is 43.0. The van der Waals surface area contributed by atoms with Crippen LogP contribution >= 0.6 is 11.8 Å². The van der Waals surface area contributed by atoms with Crippen LogP contribution in [0.25, 0.3) is 5.69 Å². The van der Waals surface area contributed by atoms with Crippen LogP contribution in [0.1, 0.15) is 36.0 Å². The molecule has 1 aromatic heterocycles. The molecule has 0 radical (unpaired) electrons. The molecule has 4 atom stereocenters. The summed E-state index contributed by atoms with van der Waals surface area (Å²) in [6.45, 7) is 2.05. The predicted octanol–water partition coefficient (Wildman–Crippen LogP) is 5.54. The molecule has 0 unspecified atom stereocenters. The van der Waals surface area contributed by atoms with Crippen molar-refractivity contribution >= 4 is 27.5 Å². The predicted molar refractivity (Wildman–Crippen MR) is 167 cm³/mol. The number of anilines is 1. The summed E-state index contributed by atoms with van der Waals surface area (Å²) in [5, 5.41) is 22.5. The van der Waals surface area contributed by atoms with E-state index in [1.165, 1.54) is 11.8 Å². The van der Waals surface area contributed by atoms with Gasteiger partial charge in [-0.3, -0.25) is 4.72 Å². The fourth-order valence-corrected chi connectivity index (χ4v) is 7.12. The van der Waals surface area contributed by atoms with Crippen molar-refractivity contribution in [2.75, 3.05) is 10.5 Å². The molecule has 0 spiro atoms. The lowest BCUT2D eigenvalue weighted by molar-refractivity contribution is -0.268. The summed E-state index contributed by atoms with van der Waals surface area (Å²) in [6, 6.07) is 32.6. The van der Waals surface area contributed by atoms with E-state index >= 15 is 0 Å². The van der Waals surface area contributed by atoms with Gasteiger partial charge in [0.15, 0.2) is 6.29 Å². The lowest BCUT2D eigenvalue weighted by Gasteiger charge is -2.41. The first-order valence-electron chi connectivity index (χ1n) is 14.1. The van der Waals surface area contributed by atoms with Crippen molar-refractivity contribution in [3.8, 4) is 5.69 Å². The van der Waals surface area contributed by atoms with E-state index in [1.54, 1.807) is 59.3 Å². The normalized spacial score (nSPS) is 20.3. The quantitative estimate of drug-likeness (QED) is 0.191. The topological polar surface area (TPSA) is 128 Å².